The van der Waals surface area contributed by atoms with Gasteiger partial charge in [-0.15, -0.1) is 0 Å². The summed E-state index contributed by atoms with van der Waals surface area (Å²) in [6.45, 7) is 6.90. The predicted octanol–water partition coefficient (Wildman–Crippen LogP) is 2.08. The molecule has 0 aromatic carbocycles. The van der Waals surface area contributed by atoms with E-state index in [-0.39, 0.29) is 11.7 Å². The maximum absolute atomic E-state index is 12.0. The molecule has 0 bridgehead atoms. The molecule has 1 aliphatic heterocycles. The Morgan fingerprint density at radius 3 is 2.90 bits per heavy atom. The second kappa shape index (κ2) is 5.67. The Labute approximate surface area is 123 Å². The molecule has 0 aliphatic carbocycles. The molecule has 0 spiro atoms. The monoisotopic (exact) mass is 293 g/mol. The number of aryl methyl sites for hydroxylation is 1. The van der Waals surface area contributed by atoms with Gasteiger partial charge in [-0.25, -0.2) is 4.98 Å². The summed E-state index contributed by atoms with van der Waals surface area (Å²) in [6.07, 6.45) is 1.95. The van der Waals surface area contributed by atoms with Crippen molar-refractivity contribution in [2.45, 2.75) is 27.2 Å². The first-order valence-corrected chi connectivity index (χ1v) is 6.90. The standard InChI is InChI=1S/C14H19N3O4/c1-4-21-13(18)14(3)5-6-16(9-14)12-7-10(2)11(8-15-12)17(19)20/h7-8H,4-6,9H2,1-3H3. The van der Waals surface area contributed by atoms with Gasteiger partial charge >= 0.3 is 5.97 Å². The maximum atomic E-state index is 12.0. The highest BCUT2D eigenvalue weighted by Gasteiger charge is 2.42. The molecule has 1 saturated heterocycles. The molecule has 1 aliphatic rings. The third kappa shape index (κ3) is 2.96. The largest absolute Gasteiger partial charge is 0.466 e. The van der Waals surface area contributed by atoms with Crippen molar-refractivity contribution < 1.29 is 14.5 Å². The number of hydrogen-bond acceptors (Lipinski definition) is 6. The molecule has 1 aromatic heterocycles. The van der Waals surface area contributed by atoms with Crippen LogP contribution in [0.15, 0.2) is 12.3 Å². The van der Waals surface area contributed by atoms with E-state index in [0.29, 0.717) is 37.5 Å². The zero-order valence-corrected chi connectivity index (χ0v) is 12.5. The van der Waals surface area contributed by atoms with Gasteiger partial charge in [0.05, 0.1) is 16.9 Å². The Bertz CT molecular complexity index is 575. The van der Waals surface area contributed by atoms with E-state index < -0.39 is 10.3 Å². The number of nitro groups is 1. The summed E-state index contributed by atoms with van der Waals surface area (Å²) in [4.78, 5) is 28.5. The van der Waals surface area contributed by atoms with Gasteiger partial charge in [-0.2, -0.15) is 0 Å². The van der Waals surface area contributed by atoms with Crippen molar-refractivity contribution in [2.75, 3.05) is 24.6 Å². The Balaban J connectivity index is 2.16. The van der Waals surface area contributed by atoms with Gasteiger partial charge in [0.2, 0.25) is 0 Å². The van der Waals surface area contributed by atoms with Gasteiger partial charge in [0.15, 0.2) is 0 Å². The van der Waals surface area contributed by atoms with Crippen LogP contribution in [0, 0.1) is 22.5 Å². The highest BCUT2D eigenvalue weighted by molar-refractivity contribution is 5.78. The smallest absolute Gasteiger partial charge is 0.313 e. The van der Waals surface area contributed by atoms with Crippen LogP contribution >= 0.6 is 0 Å². The molecule has 7 nitrogen and oxygen atoms in total. The van der Waals surface area contributed by atoms with Crippen LogP contribution in [-0.4, -0.2) is 35.6 Å². The zero-order chi connectivity index (χ0) is 15.6. The Kier molecular flexibility index (Phi) is 4.11. The number of anilines is 1. The zero-order valence-electron chi connectivity index (χ0n) is 12.5. The molecule has 7 heteroatoms. The molecule has 0 amide bonds. The van der Waals surface area contributed by atoms with Crippen LogP contribution < -0.4 is 4.90 Å². The summed E-state index contributed by atoms with van der Waals surface area (Å²) < 4.78 is 5.11. The molecule has 0 N–H and O–H groups in total. The summed E-state index contributed by atoms with van der Waals surface area (Å²) >= 11 is 0. The average Bonchev–Trinajstić information content (AvgIpc) is 2.82. The fraction of sp³-hybridized carbons (Fsp3) is 0.571. The van der Waals surface area contributed by atoms with Gasteiger partial charge in [-0.3, -0.25) is 14.9 Å². The predicted molar refractivity (Wildman–Crippen MR) is 77.2 cm³/mol. The minimum absolute atomic E-state index is 0.00565. The van der Waals surface area contributed by atoms with Gasteiger partial charge in [0.25, 0.3) is 5.69 Å². The lowest BCUT2D eigenvalue weighted by atomic mass is 9.90. The molecule has 2 heterocycles. The number of rotatable bonds is 4. The first-order chi connectivity index (χ1) is 9.87. The van der Waals surface area contributed by atoms with E-state index in [0.717, 1.165) is 0 Å². The van der Waals surface area contributed by atoms with Crippen LogP contribution in [0.4, 0.5) is 11.5 Å². The van der Waals surface area contributed by atoms with Gasteiger partial charge in [-0.05, 0) is 33.3 Å². The highest BCUT2D eigenvalue weighted by atomic mass is 16.6. The van der Waals surface area contributed by atoms with Gasteiger partial charge < -0.3 is 9.64 Å². The quantitative estimate of drug-likeness (QED) is 0.480. The van der Waals surface area contributed by atoms with Crippen molar-refractivity contribution in [1.82, 2.24) is 4.98 Å². The number of nitrogens with zero attached hydrogens (tertiary/aromatic N) is 3. The van der Waals surface area contributed by atoms with Crippen LogP contribution in [0.2, 0.25) is 0 Å². The SMILES string of the molecule is CCOC(=O)C1(C)CCN(c2cc(C)c([N+](=O)[O-])cn2)C1. The van der Waals surface area contributed by atoms with Gasteiger partial charge in [0.1, 0.15) is 12.0 Å². The van der Waals surface area contributed by atoms with Crippen LogP contribution in [0.25, 0.3) is 0 Å². The van der Waals surface area contributed by atoms with E-state index in [1.807, 2.05) is 11.8 Å². The number of pyridine rings is 1. The van der Waals surface area contributed by atoms with Crippen molar-refractivity contribution in [3.63, 3.8) is 0 Å². The van der Waals surface area contributed by atoms with Crippen molar-refractivity contribution in [3.05, 3.63) is 27.9 Å². The molecule has 1 unspecified atom stereocenters. The fourth-order valence-electron chi connectivity index (χ4n) is 2.53. The number of hydrogen-bond donors (Lipinski definition) is 0. The molecular formula is C14H19N3O4. The molecule has 0 radical (unpaired) electrons. The molecule has 1 aromatic rings. The molecular weight excluding hydrogens is 274 g/mol. The highest BCUT2D eigenvalue weighted by Crippen LogP contribution is 2.34. The average molecular weight is 293 g/mol. The Morgan fingerprint density at radius 1 is 1.62 bits per heavy atom. The third-order valence-electron chi connectivity index (χ3n) is 3.83. The Morgan fingerprint density at radius 2 is 2.33 bits per heavy atom. The first-order valence-electron chi connectivity index (χ1n) is 6.90. The van der Waals surface area contributed by atoms with Crippen molar-refractivity contribution in [2.24, 2.45) is 5.41 Å². The summed E-state index contributed by atoms with van der Waals surface area (Å²) in [5.74, 6) is 0.456. The van der Waals surface area contributed by atoms with E-state index in [9.17, 15) is 14.9 Å². The van der Waals surface area contributed by atoms with E-state index in [1.54, 1.807) is 19.9 Å². The summed E-state index contributed by atoms with van der Waals surface area (Å²) in [5, 5.41) is 10.8. The van der Waals surface area contributed by atoms with E-state index in [1.165, 1.54) is 6.20 Å². The van der Waals surface area contributed by atoms with Crippen molar-refractivity contribution in [1.29, 1.82) is 0 Å². The lowest BCUT2D eigenvalue weighted by Gasteiger charge is -2.23. The topological polar surface area (TPSA) is 85.6 Å². The number of carbonyl (C=O) groups is 1. The van der Waals surface area contributed by atoms with Crippen molar-refractivity contribution in [3.8, 4) is 0 Å². The normalized spacial score (nSPS) is 21.4. The van der Waals surface area contributed by atoms with Crippen molar-refractivity contribution >= 4 is 17.5 Å². The molecule has 114 valence electrons. The third-order valence-corrected chi connectivity index (χ3v) is 3.83. The molecule has 2 rings (SSSR count). The van der Waals surface area contributed by atoms with Crippen LogP contribution in [0.3, 0.4) is 0 Å². The number of aromatic nitrogens is 1. The molecule has 1 atom stereocenters. The van der Waals surface area contributed by atoms with Crippen LogP contribution in [0.1, 0.15) is 25.8 Å². The molecule has 0 saturated carbocycles. The summed E-state index contributed by atoms with van der Waals surface area (Å²) in [5.41, 5.74) is 0.0220. The van der Waals surface area contributed by atoms with Crippen LogP contribution in [0.5, 0.6) is 0 Å². The molecule has 1 fully saturated rings. The molecule has 21 heavy (non-hydrogen) atoms. The van der Waals surface area contributed by atoms with Gasteiger partial charge in [0, 0.05) is 18.7 Å². The number of esters is 1. The van der Waals surface area contributed by atoms with Gasteiger partial charge in [-0.1, -0.05) is 0 Å². The minimum Gasteiger partial charge on any atom is -0.466 e. The first kappa shape index (κ1) is 15.2. The van der Waals surface area contributed by atoms with E-state index in [2.05, 4.69) is 4.98 Å². The summed E-state index contributed by atoms with van der Waals surface area (Å²) in [6, 6.07) is 1.69. The van der Waals surface area contributed by atoms with E-state index >= 15 is 0 Å². The second-order valence-corrected chi connectivity index (χ2v) is 5.54. The van der Waals surface area contributed by atoms with Crippen LogP contribution in [-0.2, 0) is 9.53 Å². The lowest BCUT2D eigenvalue weighted by molar-refractivity contribution is -0.385. The maximum Gasteiger partial charge on any atom is 0.313 e. The Hall–Kier alpha value is -2.18. The summed E-state index contributed by atoms with van der Waals surface area (Å²) in [7, 11) is 0. The van der Waals surface area contributed by atoms with E-state index in [4.69, 9.17) is 4.74 Å². The number of carbonyl (C=O) groups excluding carboxylic acids is 1. The lowest BCUT2D eigenvalue weighted by Crippen LogP contribution is -2.33. The minimum atomic E-state index is -0.548. The number of ether oxygens (including phenoxy) is 1. The second-order valence-electron chi connectivity index (χ2n) is 5.54. The fourth-order valence-corrected chi connectivity index (χ4v) is 2.53.